The third-order valence-electron chi connectivity index (χ3n) is 3.88. The number of aliphatic imine (C=N–C) groups is 1. The van der Waals surface area contributed by atoms with E-state index >= 15 is 0 Å². The molecule has 23 heavy (non-hydrogen) atoms. The minimum absolute atomic E-state index is 0. The number of nitrogens with zero attached hydrogens (tertiary/aromatic N) is 1. The smallest absolute Gasteiger partial charge is 0.191 e. The Morgan fingerprint density at radius 2 is 2.13 bits per heavy atom. The summed E-state index contributed by atoms with van der Waals surface area (Å²) >= 11 is 1.77. The fourth-order valence-corrected chi connectivity index (χ4v) is 3.31. The molecule has 1 saturated carbocycles. The van der Waals surface area contributed by atoms with E-state index in [4.69, 9.17) is 0 Å². The standard InChI is InChI=1S/C17H20FN3S.HI/c1-19-17(20-9-8-12-5-4-10-22-12)21-16-11-14(16)13-6-2-3-7-15(13)18;/h2-7,10,14,16H,8-9,11H2,1H3,(H2,19,20,21);1H. The highest BCUT2D eigenvalue weighted by molar-refractivity contribution is 14.0. The maximum absolute atomic E-state index is 13.8. The molecule has 1 aliphatic carbocycles. The summed E-state index contributed by atoms with van der Waals surface area (Å²) in [5, 5.41) is 8.78. The molecule has 6 heteroatoms. The molecule has 1 aromatic carbocycles. The van der Waals surface area contributed by atoms with Crippen molar-refractivity contribution in [1.29, 1.82) is 0 Å². The average Bonchev–Trinajstić information content (AvgIpc) is 3.08. The lowest BCUT2D eigenvalue weighted by atomic mass is 10.1. The minimum atomic E-state index is -0.113. The molecule has 1 aromatic heterocycles. The van der Waals surface area contributed by atoms with Crippen LogP contribution in [0.2, 0.25) is 0 Å². The molecule has 0 bridgehead atoms. The zero-order valence-electron chi connectivity index (χ0n) is 13.0. The van der Waals surface area contributed by atoms with Crippen molar-refractivity contribution >= 4 is 41.3 Å². The second kappa shape index (κ2) is 8.63. The highest BCUT2D eigenvalue weighted by atomic mass is 127. The Morgan fingerprint density at radius 3 is 2.83 bits per heavy atom. The van der Waals surface area contributed by atoms with Crippen molar-refractivity contribution in [3.8, 4) is 0 Å². The number of halogens is 2. The van der Waals surface area contributed by atoms with Crippen molar-refractivity contribution in [2.24, 2.45) is 4.99 Å². The van der Waals surface area contributed by atoms with Crippen LogP contribution < -0.4 is 10.6 Å². The van der Waals surface area contributed by atoms with Crippen molar-refractivity contribution in [3.05, 3.63) is 58.0 Å². The Hall–Kier alpha value is -1.15. The van der Waals surface area contributed by atoms with E-state index in [-0.39, 0.29) is 41.8 Å². The third-order valence-corrected chi connectivity index (χ3v) is 4.82. The van der Waals surface area contributed by atoms with Gasteiger partial charge in [-0.3, -0.25) is 4.99 Å². The molecule has 0 aliphatic heterocycles. The van der Waals surface area contributed by atoms with Crippen LogP contribution in [0.1, 0.15) is 22.8 Å². The molecule has 2 atom stereocenters. The van der Waals surface area contributed by atoms with Gasteiger partial charge in [0.1, 0.15) is 5.82 Å². The molecular weight excluding hydrogens is 424 g/mol. The van der Waals surface area contributed by atoms with E-state index in [0.717, 1.165) is 30.9 Å². The van der Waals surface area contributed by atoms with Crippen molar-refractivity contribution in [2.45, 2.75) is 24.8 Å². The molecule has 0 amide bonds. The molecule has 2 N–H and O–H groups in total. The minimum Gasteiger partial charge on any atom is -0.356 e. The first kappa shape index (κ1) is 18.2. The van der Waals surface area contributed by atoms with Crippen LogP contribution in [0.5, 0.6) is 0 Å². The second-order valence-electron chi connectivity index (χ2n) is 5.44. The van der Waals surface area contributed by atoms with Gasteiger partial charge < -0.3 is 10.6 Å². The first-order valence-electron chi connectivity index (χ1n) is 7.52. The maximum atomic E-state index is 13.8. The monoisotopic (exact) mass is 445 g/mol. The van der Waals surface area contributed by atoms with Gasteiger partial charge >= 0.3 is 0 Å². The summed E-state index contributed by atoms with van der Waals surface area (Å²) in [5.41, 5.74) is 0.800. The number of benzene rings is 1. The summed E-state index contributed by atoms with van der Waals surface area (Å²) in [5.74, 6) is 0.926. The van der Waals surface area contributed by atoms with Gasteiger partial charge in [-0.1, -0.05) is 24.3 Å². The van der Waals surface area contributed by atoms with E-state index < -0.39 is 0 Å². The second-order valence-corrected chi connectivity index (χ2v) is 6.48. The highest BCUT2D eigenvalue weighted by Crippen LogP contribution is 2.41. The van der Waals surface area contributed by atoms with Gasteiger partial charge in [-0.2, -0.15) is 0 Å². The van der Waals surface area contributed by atoms with Gasteiger partial charge in [0.2, 0.25) is 0 Å². The molecular formula is C17H21FIN3S. The van der Waals surface area contributed by atoms with Crippen LogP contribution in [0.15, 0.2) is 46.8 Å². The summed E-state index contributed by atoms with van der Waals surface area (Å²) in [6.45, 7) is 0.845. The molecule has 0 spiro atoms. The summed E-state index contributed by atoms with van der Waals surface area (Å²) in [6.07, 6.45) is 1.94. The lowest BCUT2D eigenvalue weighted by Crippen LogP contribution is -2.39. The lowest BCUT2D eigenvalue weighted by Gasteiger charge is -2.11. The van der Waals surface area contributed by atoms with Crippen molar-refractivity contribution in [3.63, 3.8) is 0 Å². The summed E-state index contributed by atoms with van der Waals surface area (Å²) in [4.78, 5) is 5.60. The molecule has 1 heterocycles. The quantitative estimate of drug-likeness (QED) is 0.418. The van der Waals surface area contributed by atoms with E-state index in [1.807, 2.05) is 12.1 Å². The third kappa shape index (κ3) is 4.91. The molecule has 3 nitrogen and oxygen atoms in total. The normalized spacial score (nSPS) is 19.8. The van der Waals surface area contributed by atoms with E-state index in [0.29, 0.717) is 0 Å². The van der Waals surface area contributed by atoms with Gasteiger partial charge in [0.15, 0.2) is 5.96 Å². The van der Waals surface area contributed by atoms with E-state index in [1.165, 1.54) is 10.9 Å². The predicted molar refractivity (Wildman–Crippen MR) is 105 cm³/mol. The largest absolute Gasteiger partial charge is 0.356 e. The Morgan fingerprint density at radius 1 is 1.30 bits per heavy atom. The predicted octanol–water partition coefficient (Wildman–Crippen LogP) is 3.77. The summed E-state index contributed by atoms with van der Waals surface area (Å²) < 4.78 is 13.8. The first-order chi connectivity index (χ1) is 10.8. The zero-order valence-corrected chi connectivity index (χ0v) is 16.1. The Bertz CT molecular complexity index is 645. The number of hydrogen-bond acceptors (Lipinski definition) is 2. The van der Waals surface area contributed by atoms with Crippen molar-refractivity contribution in [2.75, 3.05) is 13.6 Å². The molecule has 3 rings (SSSR count). The average molecular weight is 445 g/mol. The number of nitrogens with one attached hydrogen (secondary N) is 2. The highest BCUT2D eigenvalue weighted by Gasteiger charge is 2.40. The van der Waals surface area contributed by atoms with E-state index in [9.17, 15) is 4.39 Å². The van der Waals surface area contributed by atoms with Gasteiger partial charge in [0, 0.05) is 30.4 Å². The van der Waals surface area contributed by atoms with Crippen LogP contribution in [-0.2, 0) is 6.42 Å². The molecule has 124 valence electrons. The topological polar surface area (TPSA) is 36.4 Å². The van der Waals surface area contributed by atoms with Gasteiger partial charge in [-0.25, -0.2) is 4.39 Å². The van der Waals surface area contributed by atoms with Gasteiger partial charge in [-0.05, 0) is 35.9 Å². The van der Waals surface area contributed by atoms with Crippen LogP contribution in [0.3, 0.4) is 0 Å². The molecule has 2 aromatic rings. The number of guanidine groups is 1. The van der Waals surface area contributed by atoms with Gasteiger partial charge in [-0.15, -0.1) is 35.3 Å². The van der Waals surface area contributed by atoms with Crippen LogP contribution in [0.4, 0.5) is 4.39 Å². The van der Waals surface area contributed by atoms with Crippen LogP contribution in [0, 0.1) is 5.82 Å². The fraction of sp³-hybridized carbons (Fsp3) is 0.353. The Kier molecular flexibility index (Phi) is 6.83. The molecule has 1 fully saturated rings. The van der Waals surface area contributed by atoms with Gasteiger partial charge in [0.25, 0.3) is 0 Å². The summed E-state index contributed by atoms with van der Waals surface area (Å²) in [6, 6.07) is 11.5. The summed E-state index contributed by atoms with van der Waals surface area (Å²) in [7, 11) is 1.76. The SMILES string of the molecule is CN=C(NCCc1cccs1)NC1CC1c1ccccc1F.I. The number of hydrogen-bond donors (Lipinski definition) is 2. The lowest BCUT2D eigenvalue weighted by molar-refractivity contribution is 0.607. The zero-order chi connectivity index (χ0) is 15.4. The molecule has 1 aliphatic rings. The van der Waals surface area contributed by atoms with E-state index in [2.05, 4.69) is 33.1 Å². The van der Waals surface area contributed by atoms with Crippen LogP contribution in [-0.4, -0.2) is 25.6 Å². The van der Waals surface area contributed by atoms with Crippen LogP contribution >= 0.6 is 35.3 Å². The first-order valence-corrected chi connectivity index (χ1v) is 8.40. The number of thiophene rings is 1. The van der Waals surface area contributed by atoms with Crippen molar-refractivity contribution < 1.29 is 4.39 Å². The van der Waals surface area contributed by atoms with E-state index in [1.54, 1.807) is 24.5 Å². The Balaban J connectivity index is 0.00000192. The number of rotatable bonds is 5. The molecule has 0 saturated heterocycles. The fourth-order valence-electron chi connectivity index (χ4n) is 2.60. The van der Waals surface area contributed by atoms with Crippen molar-refractivity contribution in [1.82, 2.24) is 10.6 Å². The molecule has 2 unspecified atom stereocenters. The Labute approximate surface area is 157 Å². The van der Waals surface area contributed by atoms with Gasteiger partial charge in [0.05, 0.1) is 0 Å². The maximum Gasteiger partial charge on any atom is 0.191 e. The molecule has 0 radical (unpaired) electrons. The van der Waals surface area contributed by atoms with Crippen LogP contribution in [0.25, 0.3) is 0 Å².